The first-order chi connectivity index (χ1) is 7.99. The Hall–Kier alpha value is -1.40. The van der Waals surface area contributed by atoms with Gasteiger partial charge in [-0.3, -0.25) is 10.1 Å². The Bertz CT molecular complexity index is 424. The summed E-state index contributed by atoms with van der Waals surface area (Å²) in [5, 5.41) is 22.3. The lowest BCUT2D eigenvalue weighted by Crippen LogP contribution is -2.23. The first-order valence-corrected chi connectivity index (χ1v) is 5.38. The maximum atomic E-state index is 13.1. The SMILES string of the molecule is CCC(CO)Nc1cc(Cl)c(F)cc1[N+](=O)[O-]. The van der Waals surface area contributed by atoms with Crippen LogP contribution < -0.4 is 5.32 Å². The van der Waals surface area contributed by atoms with Gasteiger partial charge in [0.2, 0.25) is 0 Å². The Labute approximate surface area is 102 Å². The molecule has 0 saturated heterocycles. The summed E-state index contributed by atoms with van der Waals surface area (Å²) in [5.41, 5.74) is -0.305. The molecular formula is C10H12ClFN2O3. The normalized spacial score (nSPS) is 12.2. The number of hydrogen-bond acceptors (Lipinski definition) is 4. The summed E-state index contributed by atoms with van der Waals surface area (Å²) in [4.78, 5) is 10.0. The first-order valence-electron chi connectivity index (χ1n) is 5.00. The lowest BCUT2D eigenvalue weighted by molar-refractivity contribution is -0.384. The molecule has 0 saturated carbocycles. The van der Waals surface area contributed by atoms with Crippen LogP contribution in [0.2, 0.25) is 5.02 Å². The van der Waals surface area contributed by atoms with Crippen LogP contribution in [0.4, 0.5) is 15.8 Å². The maximum Gasteiger partial charge on any atom is 0.295 e. The molecule has 0 radical (unpaired) electrons. The van der Waals surface area contributed by atoms with Crippen LogP contribution in [0.25, 0.3) is 0 Å². The molecule has 5 nitrogen and oxygen atoms in total. The molecule has 94 valence electrons. The molecule has 2 N–H and O–H groups in total. The van der Waals surface area contributed by atoms with E-state index in [9.17, 15) is 14.5 Å². The van der Waals surface area contributed by atoms with Gasteiger partial charge in [-0.05, 0) is 12.5 Å². The van der Waals surface area contributed by atoms with Gasteiger partial charge in [0.05, 0.1) is 22.6 Å². The summed E-state index contributed by atoms with van der Waals surface area (Å²) < 4.78 is 13.1. The molecule has 0 aromatic heterocycles. The van der Waals surface area contributed by atoms with E-state index in [1.165, 1.54) is 0 Å². The number of rotatable bonds is 5. The minimum atomic E-state index is -0.846. The van der Waals surface area contributed by atoms with Crippen molar-refractivity contribution in [3.05, 3.63) is 33.1 Å². The average molecular weight is 263 g/mol. The monoisotopic (exact) mass is 262 g/mol. The molecule has 1 aromatic carbocycles. The van der Waals surface area contributed by atoms with Crippen LogP contribution in [-0.4, -0.2) is 22.7 Å². The van der Waals surface area contributed by atoms with Gasteiger partial charge in [0.15, 0.2) is 0 Å². The highest BCUT2D eigenvalue weighted by atomic mass is 35.5. The highest BCUT2D eigenvalue weighted by Crippen LogP contribution is 2.30. The largest absolute Gasteiger partial charge is 0.394 e. The molecule has 1 rings (SSSR count). The molecule has 17 heavy (non-hydrogen) atoms. The Kier molecular flexibility index (Phi) is 4.65. The van der Waals surface area contributed by atoms with Crippen LogP contribution >= 0.6 is 11.6 Å². The van der Waals surface area contributed by atoms with Crippen LogP contribution in [0.15, 0.2) is 12.1 Å². The van der Waals surface area contributed by atoms with Crippen molar-refractivity contribution in [3.63, 3.8) is 0 Å². The number of nitro groups is 1. The van der Waals surface area contributed by atoms with Gasteiger partial charge < -0.3 is 10.4 Å². The van der Waals surface area contributed by atoms with Crippen molar-refractivity contribution in [2.45, 2.75) is 19.4 Å². The van der Waals surface area contributed by atoms with Crippen LogP contribution in [0, 0.1) is 15.9 Å². The van der Waals surface area contributed by atoms with E-state index >= 15 is 0 Å². The average Bonchev–Trinajstić information content (AvgIpc) is 2.29. The van der Waals surface area contributed by atoms with Crippen LogP contribution in [0.1, 0.15) is 13.3 Å². The number of aliphatic hydroxyl groups excluding tert-OH is 1. The zero-order chi connectivity index (χ0) is 13.0. The predicted molar refractivity (Wildman–Crippen MR) is 62.9 cm³/mol. The standard InChI is InChI=1S/C10H12ClFN2O3/c1-2-6(5-15)13-9-3-7(11)8(12)4-10(9)14(16)17/h3-4,6,13,15H,2,5H2,1H3. The van der Waals surface area contributed by atoms with Crippen molar-refractivity contribution in [1.29, 1.82) is 0 Å². The van der Waals surface area contributed by atoms with Gasteiger partial charge >= 0.3 is 0 Å². The minimum Gasteiger partial charge on any atom is -0.394 e. The van der Waals surface area contributed by atoms with Gasteiger partial charge in [-0.1, -0.05) is 18.5 Å². The third-order valence-electron chi connectivity index (χ3n) is 2.31. The molecule has 0 aliphatic rings. The third-order valence-corrected chi connectivity index (χ3v) is 2.60. The second-order valence-electron chi connectivity index (χ2n) is 3.47. The number of benzene rings is 1. The molecule has 0 heterocycles. The number of aliphatic hydroxyl groups is 1. The summed E-state index contributed by atoms with van der Waals surface area (Å²) in [6.45, 7) is 1.63. The molecule has 0 fully saturated rings. The molecule has 0 aliphatic carbocycles. The summed E-state index contributed by atoms with van der Waals surface area (Å²) >= 11 is 5.56. The fraction of sp³-hybridized carbons (Fsp3) is 0.400. The van der Waals surface area contributed by atoms with Gasteiger partial charge in [0.25, 0.3) is 5.69 Å². The van der Waals surface area contributed by atoms with E-state index < -0.39 is 16.4 Å². The molecule has 0 amide bonds. The van der Waals surface area contributed by atoms with E-state index in [0.29, 0.717) is 6.42 Å². The molecular weight excluding hydrogens is 251 g/mol. The van der Waals surface area contributed by atoms with Crippen molar-refractivity contribution in [3.8, 4) is 0 Å². The lowest BCUT2D eigenvalue weighted by atomic mass is 10.2. The topological polar surface area (TPSA) is 75.4 Å². The zero-order valence-electron chi connectivity index (χ0n) is 9.11. The molecule has 1 atom stereocenters. The summed E-state index contributed by atoms with van der Waals surface area (Å²) in [6, 6.07) is 1.57. The molecule has 7 heteroatoms. The van der Waals surface area contributed by atoms with Crippen LogP contribution in [0.3, 0.4) is 0 Å². The Morgan fingerprint density at radius 2 is 2.29 bits per heavy atom. The molecule has 0 aliphatic heterocycles. The number of anilines is 1. The number of nitrogens with one attached hydrogen (secondary N) is 1. The van der Waals surface area contributed by atoms with Gasteiger partial charge in [0, 0.05) is 6.04 Å². The molecule has 1 unspecified atom stereocenters. The van der Waals surface area contributed by atoms with E-state index in [4.69, 9.17) is 16.7 Å². The second-order valence-corrected chi connectivity index (χ2v) is 3.88. The quantitative estimate of drug-likeness (QED) is 0.632. The van der Waals surface area contributed by atoms with Crippen molar-refractivity contribution in [2.75, 3.05) is 11.9 Å². The third kappa shape index (κ3) is 3.28. The van der Waals surface area contributed by atoms with Crippen molar-refractivity contribution >= 4 is 23.0 Å². The van der Waals surface area contributed by atoms with E-state index in [1.54, 1.807) is 0 Å². The predicted octanol–water partition coefficient (Wildman–Crippen LogP) is 2.57. The summed E-state index contributed by atoms with van der Waals surface area (Å²) in [7, 11) is 0. The highest BCUT2D eigenvalue weighted by Gasteiger charge is 2.19. The van der Waals surface area contributed by atoms with E-state index in [0.717, 1.165) is 12.1 Å². The molecule has 1 aromatic rings. The van der Waals surface area contributed by atoms with E-state index in [1.807, 2.05) is 6.92 Å². The Morgan fingerprint density at radius 3 is 2.76 bits per heavy atom. The number of halogens is 2. The van der Waals surface area contributed by atoms with Crippen molar-refractivity contribution < 1.29 is 14.4 Å². The number of hydrogen-bond donors (Lipinski definition) is 2. The number of nitrogens with zero attached hydrogens (tertiary/aromatic N) is 1. The smallest absolute Gasteiger partial charge is 0.295 e. The van der Waals surface area contributed by atoms with Gasteiger partial charge in [0.1, 0.15) is 11.5 Å². The summed E-state index contributed by atoms with van der Waals surface area (Å²) in [5.74, 6) is -0.846. The Morgan fingerprint density at radius 1 is 1.65 bits per heavy atom. The van der Waals surface area contributed by atoms with Gasteiger partial charge in [-0.25, -0.2) is 4.39 Å². The Balaban J connectivity index is 3.12. The van der Waals surface area contributed by atoms with Gasteiger partial charge in [-0.2, -0.15) is 0 Å². The fourth-order valence-corrected chi connectivity index (χ4v) is 1.46. The van der Waals surface area contributed by atoms with E-state index in [2.05, 4.69) is 5.32 Å². The second kappa shape index (κ2) is 5.79. The van der Waals surface area contributed by atoms with Gasteiger partial charge in [-0.15, -0.1) is 0 Å². The zero-order valence-corrected chi connectivity index (χ0v) is 9.87. The van der Waals surface area contributed by atoms with Crippen LogP contribution in [0.5, 0.6) is 0 Å². The molecule has 0 spiro atoms. The van der Waals surface area contributed by atoms with Crippen LogP contribution in [-0.2, 0) is 0 Å². The molecule has 0 bridgehead atoms. The lowest BCUT2D eigenvalue weighted by Gasteiger charge is -2.15. The summed E-state index contributed by atoms with van der Waals surface area (Å²) in [6.07, 6.45) is 0.572. The fourth-order valence-electron chi connectivity index (χ4n) is 1.30. The maximum absolute atomic E-state index is 13.1. The number of nitro benzene ring substituents is 1. The first kappa shape index (κ1) is 13.7. The van der Waals surface area contributed by atoms with E-state index in [-0.39, 0.29) is 23.4 Å². The van der Waals surface area contributed by atoms with Crippen molar-refractivity contribution in [2.24, 2.45) is 0 Å². The minimum absolute atomic E-state index is 0.0994. The highest BCUT2D eigenvalue weighted by molar-refractivity contribution is 6.31. The van der Waals surface area contributed by atoms with Crippen molar-refractivity contribution in [1.82, 2.24) is 0 Å².